The summed E-state index contributed by atoms with van der Waals surface area (Å²) in [5.41, 5.74) is 8.07. The van der Waals surface area contributed by atoms with Crippen molar-refractivity contribution in [3.63, 3.8) is 0 Å². The van der Waals surface area contributed by atoms with Gasteiger partial charge in [-0.2, -0.15) is 0 Å². The highest BCUT2D eigenvalue weighted by Crippen LogP contribution is 2.19. The minimum absolute atomic E-state index is 0.00258. The van der Waals surface area contributed by atoms with Crippen molar-refractivity contribution in [2.24, 2.45) is 11.7 Å². The molecule has 0 bridgehead atoms. The average Bonchev–Trinajstić information content (AvgIpc) is 3.34. The van der Waals surface area contributed by atoms with E-state index < -0.39 is 54.0 Å². The largest absolute Gasteiger partial charge is 0.480 e. The van der Waals surface area contributed by atoms with E-state index >= 15 is 0 Å². The lowest BCUT2D eigenvalue weighted by Gasteiger charge is -2.26. The number of aliphatic carboxylic acids is 1. The Morgan fingerprint density at radius 1 is 0.805 bits per heavy atom. The van der Waals surface area contributed by atoms with E-state index in [4.69, 9.17) is 5.73 Å². The van der Waals surface area contributed by atoms with Crippen LogP contribution in [0.25, 0.3) is 10.9 Å². The zero-order valence-electron chi connectivity index (χ0n) is 23.5. The molecule has 1 aromatic heterocycles. The molecule has 5 atom stereocenters. The maximum Gasteiger partial charge on any atom is 0.326 e. The van der Waals surface area contributed by atoms with E-state index in [0.717, 1.165) is 22.0 Å². The smallest absolute Gasteiger partial charge is 0.326 e. The number of aliphatic hydroxyl groups excluding tert-OH is 1. The number of aliphatic hydroxyl groups is 1. The van der Waals surface area contributed by atoms with Gasteiger partial charge in [0.05, 0.1) is 6.10 Å². The fourth-order valence-corrected chi connectivity index (χ4v) is 4.51. The van der Waals surface area contributed by atoms with Gasteiger partial charge in [-0.25, -0.2) is 4.79 Å². The Balaban J connectivity index is 1.82. The molecule has 0 saturated heterocycles. The molecular weight excluding hydrogens is 526 g/mol. The van der Waals surface area contributed by atoms with Gasteiger partial charge in [-0.15, -0.1) is 0 Å². The van der Waals surface area contributed by atoms with Crippen molar-refractivity contribution >= 4 is 34.6 Å². The van der Waals surface area contributed by atoms with Crippen LogP contribution in [0.1, 0.15) is 38.3 Å². The Labute approximate surface area is 238 Å². The third-order valence-corrected chi connectivity index (χ3v) is 6.79. The lowest BCUT2D eigenvalue weighted by Crippen LogP contribution is -2.58. The number of rotatable bonds is 14. The number of nitrogens with two attached hydrogens (primary N) is 1. The molecule has 3 amide bonds. The van der Waals surface area contributed by atoms with Crippen LogP contribution in [0, 0.1) is 5.92 Å². The molecule has 0 spiro atoms. The number of carbonyl (C=O) groups is 4. The fourth-order valence-electron chi connectivity index (χ4n) is 4.51. The van der Waals surface area contributed by atoms with Crippen LogP contribution in [-0.2, 0) is 32.0 Å². The maximum absolute atomic E-state index is 13.5. The van der Waals surface area contributed by atoms with E-state index in [-0.39, 0.29) is 25.2 Å². The van der Waals surface area contributed by atoms with E-state index in [0.29, 0.717) is 0 Å². The molecule has 0 aliphatic heterocycles. The van der Waals surface area contributed by atoms with Crippen molar-refractivity contribution in [1.82, 2.24) is 20.9 Å². The number of H-pyrrole nitrogens is 1. The molecule has 41 heavy (non-hydrogen) atoms. The summed E-state index contributed by atoms with van der Waals surface area (Å²) in [6.07, 6.45) is 0.961. The SMILES string of the molecule is CC(C)CC(NC(=O)C(N)C(C)O)C(=O)NC(Cc1ccccc1)C(=O)NC(Cc1c[nH]c2ccccc12)C(=O)O. The van der Waals surface area contributed by atoms with Crippen LogP contribution in [-0.4, -0.2) is 69.2 Å². The van der Waals surface area contributed by atoms with Gasteiger partial charge in [-0.05, 0) is 36.5 Å². The van der Waals surface area contributed by atoms with Gasteiger partial charge in [-0.1, -0.05) is 62.4 Å². The predicted molar refractivity (Wildman–Crippen MR) is 155 cm³/mol. The number of hydrogen-bond acceptors (Lipinski definition) is 6. The Bertz CT molecular complexity index is 1340. The summed E-state index contributed by atoms with van der Waals surface area (Å²) in [7, 11) is 0. The van der Waals surface area contributed by atoms with Gasteiger partial charge >= 0.3 is 5.97 Å². The Hall–Kier alpha value is -4.22. The minimum atomic E-state index is -1.26. The summed E-state index contributed by atoms with van der Waals surface area (Å²) >= 11 is 0. The molecule has 3 rings (SSSR count). The summed E-state index contributed by atoms with van der Waals surface area (Å²) in [6.45, 7) is 5.12. The number of hydrogen-bond donors (Lipinski definition) is 7. The van der Waals surface area contributed by atoms with Crippen molar-refractivity contribution in [2.45, 2.75) is 70.3 Å². The Morgan fingerprint density at radius 2 is 1.39 bits per heavy atom. The van der Waals surface area contributed by atoms with Crippen LogP contribution >= 0.6 is 0 Å². The molecule has 220 valence electrons. The van der Waals surface area contributed by atoms with Crippen LogP contribution < -0.4 is 21.7 Å². The van der Waals surface area contributed by atoms with Gasteiger partial charge < -0.3 is 36.9 Å². The van der Waals surface area contributed by atoms with Gasteiger partial charge in [0.15, 0.2) is 0 Å². The number of benzene rings is 2. The summed E-state index contributed by atoms with van der Waals surface area (Å²) < 4.78 is 0. The number of aromatic nitrogens is 1. The third kappa shape index (κ3) is 8.89. The highest BCUT2D eigenvalue weighted by atomic mass is 16.4. The van der Waals surface area contributed by atoms with Crippen molar-refractivity contribution in [2.75, 3.05) is 0 Å². The van der Waals surface area contributed by atoms with Gasteiger partial charge in [0.25, 0.3) is 0 Å². The molecule has 2 aromatic carbocycles. The quantitative estimate of drug-likeness (QED) is 0.153. The molecule has 0 aliphatic carbocycles. The van der Waals surface area contributed by atoms with Gasteiger partial charge in [0.1, 0.15) is 24.2 Å². The topological polar surface area (TPSA) is 187 Å². The number of carboxylic acid groups (broad SMARTS) is 1. The monoisotopic (exact) mass is 565 g/mol. The second-order valence-electron chi connectivity index (χ2n) is 10.7. The Kier molecular flexibility index (Phi) is 11.0. The molecule has 1 heterocycles. The molecule has 0 radical (unpaired) electrons. The van der Waals surface area contributed by atoms with Gasteiger partial charge in [-0.3, -0.25) is 14.4 Å². The zero-order valence-corrected chi connectivity index (χ0v) is 23.5. The fraction of sp³-hybridized carbons (Fsp3) is 0.400. The zero-order chi connectivity index (χ0) is 30.1. The summed E-state index contributed by atoms with van der Waals surface area (Å²) in [5, 5.41) is 28.4. The molecule has 5 unspecified atom stereocenters. The molecule has 11 heteroatoms. The molecular formula is C30H39N5O6. The van der Waals surface area contributed by atoms with E-state index in [1.54, 1.807) is 30.5 Å². The number of nitrogens with one attached hydrogen (secondary N) is 4. The first-order valence-corrected chi connectivity index (χ1v) is 13.6. The summed E-state index contributed by atoms with van der Waals surface area (Å²) in [4.78, 5) is 54.7. The van der Waals surface area contributed by atoms with Crippen molar-refractivity contribution in [3.8, 4) is 0 Å². The van der Waals surface area contributed by atoms with Crippen LogP contribution in [0.4, 0.5) is 0 Å². The third-order valence-electron chi connectivity index (χ3n) is 6.79. The number of amides is 3. The minimum Gasteiger partial charge on any atom is -0.480 e. The standard InChI is InChI=1S/C30H39N5O6/c1-17(2)13-23(34-29(39)26(31)18(3)36)27(37)33-24(14-19-9-5-4-6-10-19)28(38)35-25(30(40)41)15-20-16-32-22-12-8-7-11-21(20)22/h4-12,16-18,23-26,32,36H,13-15,31H2,1-3H3,(H,33,37)(H,34,39)(H,35,38)(H,40,41). The summed E-state index contributed by atoms with van der Waals surface area (Å²) in [5.74, 6) is -3.21. The van der Waals surface area contributed by atoms with E-state index in [9.17, 15) is 29.4 Å². The highest BCUT2D eigenvalue weighted by molar-refractivity contribution is 5.94. The number of aromatic amines is 1. The van der Waals surface area contributed by atoms with E-state index in [1.165, 1.54) is 6.92 Å². The first-order chi connectivity index (χ1) is 19.5. The van der Waals surface area contributed by atoms with Gasteiger partial charge in [0, 0.05) is 29.9 Å². The Morgan fingerprint density at radius 3 is 2.02 bits per heavy atom. The number of fused-ring (bicyclic) bond motifs is 1. The van der Waals surface area contributed by atoms with Crippen molar-refractivity contribution < 1.29 is 29.4 Å². The first kappa shape index (κ1) is 31.3. The second kappa shape index (κ2) is 14.4. The lowest BCUT2D eigenvalue weighted by molar-refractivity contribution is -0.142. The van der Waals surface area contributed by atoms with Crippen LogP contribution in [0.3, 0.4) is 0 Å². The predicted octanol–water partition coefficient (Wildman–Crippen LogP) is 1.25. The molecule has 0 aliphatic rings. The maximum atomic E-state index is 13.5. The number of carbonyl (C=O) groups excluding carboxylic acids is 3. The number of carboxylic acids is 1. The molecule has 0 fully saturated rings. The van der Waals surface area contributed by atoms with Crippen molar-refractivity contribution in [3.05, 3.63) is 71.9 Å². The lowest BCUT2D eigenvalue weighted by atomic mass is 10.00. The molecule has 8 N–H and O–H groups in total. The van der Waals surface area contributed by atoms with Crippen LogP contribution in [0.5, 0.6) is 0 Å². The molecule has 0 saturated carbocycles. The summed E-state index contributed by atoms with van der Waals surface area (Å²) in [6, 6.07) is 11.8. The van der Waals surface area contributed by atoms with Gasteiger partial charge in [0.2, 0.25) is 17.7 Å². The van der Waals surface area contributed by atoms with Crippen LogP contribution in [0.15, 0.2) is 60.8 Å². The van der Waals surface area contributed by atoms with Crippen LogP contribution in [0.2, 0.25) is 0 Å². The molecule has 3 aromatic rings. The van der Waals surface area contributed by atoms with E-state index in [2.05, 4.69) is 20.9 Å². The second-order valence-corrected chi connectivity index (χ2v) is 10.7. The number of para-hydroxylation sites is 1. The first-order valence-electron chi connectivity index (χ1n) is 13.6. The highest BCUT2D eigenvalue weighted by Gasteiger charge is 2.32. The normalized spacial score (nSPS) is 15.0. The molecule has 11 nitrogen and oxygen atoms in total. The van der Waals surface area contributed by atoms with E-state index in [1.807, 2.05) is 44.2 Å². The van der Waals surface area contributed by atoms with Crippen molar-refractivity contribution in [1.29, 1.82) is 0 Å². The average molecular weight is 566 g/mol.